The van der Waals surface area contributed by atoms with Gasteiger partial charge >= 0.3 is 0 Å². The second-order valence-corrected chi connectivity index (χ2v) is 6.35. The lowest BCUT2D eigenvalue weighted by Crippen LogP contribution is -2.11. The van der Waals surface area contributed by atoms with Crippen LogP contribution in [-0.4, -0.2) is 25.5 Å². The summed E-state index contributed by atoms with van der Waals surface area (Å²) in [5.74, 6) is 0.906. The predicted octanol–water partition coefficient (Wildman–Crippen LogP) is 5.59. The molecule has 0 radical (unpaired) electrons. The van der Waals surface area contributed by atoms with E-state index in [9.17, 15) is 0 Å². The van der Waals surface area contributed by atoms with Crippen LogP contribution in [0.25, 0.3) is 6.08 Å². The monoisotopic (exact) mass is 324 g/mol. The molecule has 1 aliphatic carbocycles. The third-order valence-corrected chi connectivity index (χ3v) is 4.53. The third kappa shape index (κ3) is 6.98. The van der Waals surface area contributed by atoms with Crippen LogP contribution in [0.15, 0.2) is 30.3 Å². The minimum absolute atomic E-state index is 0. The van der Waals surface area contributed by atoms with Crippen molar-refractivity contribution >= 4 is 18.5 Å². The molecule has 22 heavy (non-hydrogen) atoms. The number of halogens is 1. The van der Waals surface area contributed by atoms with Gasteiger partial charge in [0.25, 0.3) is 0 Å². The zero-order chi connectivity index (χ0) is 17.4. The van der Waals surface area contributed by atoms with Crippen molar-refractivity contribution in [3.8, 4) is 0 Å². The number of aryl methyl sites for hydroxylation is 1. The van der Waals surface area contributed by atoms with Gasteiger partial charge in [0, 0.05) is 10.7 Å². The average Bonchev–Trinajstić information content (AvgIpc) is 2.57. The molecule has 2 rings (SSSR count). The van der Waals surface area contributed by atoms with E-state index < -0.39 is 6.98 Å². The van der Waals surface area contributed by atoms with Gasteiger partial charge in [-0.1, -0.05) is 68.5 Å². The second kappa shape index (κ2) is 10.9. The third-order valence-electron chi connectivity index (χ3n) is 4.53. The lowest BCUT2D eigenvalue weighted by Gasteiger charge is -2.21. The van der Waals surface area contributed by atoms with Gasteiger partial charge in [0.05, 0.1) is 0 Å². The van der Waals surface area contributed by atoms with Crippen LogP contribution in [0.4, 0.5) is 0 Å². The Balaban J connectivity index is 0.00000312. The molecule has 0 amide bonds. The van der Waals surface area contributed by atoms with E-state index in [2.05, 4.69) is 36.4 Å². The highest BCUT2D eigenvalue weighted by molar-refractivity contribution is 5.85. The number of benzene rings is 1. The Bertz CT molecular complexity index is 522. The van der Waals surface area contributed by atoms with Crippen LogP contribution in [0.2, 0.25) is 0 Å². The van der Waals surface area contributed by atoms with Crippen molar-refractivity contribution in [2.24, 2.45) is 5.92 Å². The van der Waals surface area contributed by atoms with E-state index in [0.29, 0.717) is 6.54 Å². The van der Waals surface area contributed by atoms with E-state index in [1.54, 1.807) is 7.05 Å². The van der Waals surface area contributed by atoms with Gasteiger partial charge < -0.3 is 4.90 Å². The fraction of sp³-hybridized carbons (Fsp3) is 0.600. The van der Waals surface area contributed by atoms with Crippen LogP contribution >= 0.6 is 12.4 Å². The summed E-state index contributed by atoms with van der Waals surface area (Å²) >= 11 is 0. The van der Waals surface area contributed by atoms with Crippen LogP contribution in [0.5, 0.6) is 0 Å². The van der Waals surface area contributed by atoms with Crippen LogP contribution in [0.3, 0.4) is 0 Å². The number of rotatable bonds is 7. The maximum atomic E-state index is 7.36. The zero-order valence-corrected chi connectivity index (χ0v) is 14.6. The molecule has 0 N–H and O–H groups in total. The minimum atomic E-state index is -1.99. The Kier molecular flexibility index (Phi) is 7.29. The molecular weight excluding hydrogens is 290 g/mol. The fourth-order valence-electron chi connectivity index (χ4n) is 3.24. The molecule has 0 saturated heterocycles. The molecule has 1 fully saturated rings. The van der Waals surface area contributed by atoms with Crippen molar-refractivity contribution in [2.75, 3.05) is 20.6 Å². The first-order valence-corrected chi connectivity index (χ1v) is 8.42. The molecule has 0 aliphatic heterocycles. The van der Waals surface area contributed by atoms with E-state index >= 15 is 0 Å². The highest BCUT2D eigenvalue weighted by Crippen LogP contribution is 2.28. The smallest absolute Gasteiger partial charge is 0.0394 e. The predicted molar refractivity (Wildman–Crippen MR) is 101 cm³/mol. The van der Waals surface area contributed by atoms with E-state index in [1.807, 2.05) is 0 Å². The molecule has 1 aromatic rings. The Labute approximate surface area is 147 Å². The molecule has 2 heteroatoms. The first-order chi connectivity index (χ1) is 11.5. The van der Waals surface area contributed by atoms with Gasteiger partial charge in [-0.2, -0.15) is 0 Å². The summed E-state index contributed by atoms with van der Waals surface area (Å²) in [5.41, 5.74) is 2.70. The van der Waals surface area contributed by atoms with Gasteiger partial charge in [-0.15, -0.1) is 12.4 Å². The van der Waals surface area contributed by atoms with Crippen molar-refractivity contribution in [3.63, 3.8) is 0 Å². The SMILES string of the molecule is Cl.[2H]C([2H])([2H])N(C)CC/C=C/c1ccccc1CCC1CCCCC1. The van der Waals surface area contributed by atoms with Gasteiger partial charge in [-0.3, -0.25) is 0 Å². The lowest BCUT2D eigenvalue weighted by molar-refractivity contribution is 0.339. The molecule has 0 bridgehead atoms. The average molecular weight is 325 g/mol. The van der Waals surface area contributed by atoms with Crippen molar-refractivity contribution in [3.05, 3.63) is 41.5 Å². The van der Waals surface area contributed by atoms with Gasteiger partial charge in [-0.25, -0.2) is 0 Å². The van der Waals surface area contributed by atoms with Crippen molar-refractivity contribution in [1.82, 2.24) is 4.90 Å². The number of nitrogens with zero attached hydrogens (tertiary/aromatic N) is 1. The summed E-state index contributed by atoms with van der Waals surface area (Å²) in [6, 6.07) is 8.60. The summed E-state index contributed by atoms with van der Waals surface area (Å²) in [7, 11) is 1.65. The maximum absolute atomic E-state index is 7.36. The molecule has 1 saturated carbocycles. The first kappa shape index (κ1) is 14.8. The summed E-state index contributed by atoms with van der Waals surface area (Å²) in [5, 5.41) is 0. The molecule has 0 atom stereocenters. The normalized spacial score (nSPS) is 18.7. The van der Waals surface area contributed by atoms with Crippen molar-refractivity contribution in [2.45, 2.75) is 51.4 Å². The maximum Gasteiger partial charge on any atom is 0.0394 e. The van der Waals surface area contributed by atoms with Crippen LogP contribution < -0.4 is 0 Å². The molecule has 1 nitrogen and oxygen atoms in total. The summed E-state index contributed by atoms with van der Waals surface area (Å²) in [6.45, 7) is -1.44. The van der Waals surface area contributed by atoms with Crippen molar-refractivity contribution in [1.29, 1.82) is 0 Å². The summed E-state index contributed by atoms with van der Waals surface area (Å²) in [4.78, 5) is 1.42. The van der Waals surface area contributed by atoms with E-state index in [1.165, 1.54) is 54.6 Å². The van der Waals surface area contributed by atoms with E-state index in [0.717, 1.165) is 18.8 Å². The topological polar surface area (TPSA) is 3.24 Å². The minimum Gasteiger partial charge on any atom is -0.309 e. The molecule has 1 aromatic carbocycles. The van der Waals surface area contributed by atoms with E-state index in [4.69, 9.17) is 4.11 Å². The molecular formula is C20H32ClN. The molecule has 0 spiro atoms. The van der Waals surface area contributed by atoms with Gasteiger partial charge in [-0.05, 0) is 50.3 Å². The van der Waals surface area contributed by atoms with Crippen LogP contribution in [0.1, 0.15) is 60.2 Å². The fourth-order valence-corrected chi connectivity index (χ4v) is 3.24. The summed E-state index contributed by atoms with van der Waals surface area (Å²) in [6.07, 6.45) is 14.5. The lowest BCUT2D eigenvalue weighted by atomic mass is 9.85. The van der Waals surface area contributed by atoms with Gasteiger partial charge in [0.1, 0.15) is 0 Å². The van der Waals surface area contributed by atoms with Crippen LogP contribution in [-0.2, 0) is 6.42 Å². The molecule has 0 aromatic heterocycles. The quantitative estimate of drug-likeness (QED) is 0.632. The summed E-state index contributed by atoms with van der Waals surface area (Å²) < 4.78 is 22.1. The molecule has 0 unspecified atom stereocenters. The molecule has 0 heterocycles. The largest absolute Gasteiger partial charge is 0.309 e. The molecule has 1 aliphatic rings. The Hall–Kier alpha value is -0.790. The van der Waals surface area contributed by atoms with Crippen LogP contribution in [0, 0.1) is 5.92 Å². The standard InChI is InChI=1S/C20H31N.ClH/c1-21(2)17-9-8-14-19-12-6-7-13-20(19)16-15-18-10-4-3-5-11-18;/h6-8,12-14,18H,3-5,9-11,15-17H2,1-2H3;1H/b14-8+;/i1D3;. The second-order valence-electron chi connectivity index (χ2n) is 6.35. The number of hydrogen-bond donors (Lipinski definition) is 0. The highest BCUT2D eigenvalue weighted by Gasteiger charge is 2.13. The Morgan fingerprint density at radius 3 is 2.77 bits per heavy atom. The zero-order valence-electron chi connectivity index (χ0n) is 16.8. The highest BCUT2D eigenvalue weighted by atomic mass is 35.5. The van der Waals surface area contributed by atoms with Crippen molar-refractivity contribution < 1.29 is 4.11 Å². The number of hydrogen-bond acceptors (Lipinski definition) is 1. The van der Waals surface area contributed by atoms with Gasteiger partial charge in [0.2, 0.25) is 0 Å². The Morgan fingerprint density at radius 1 is 1.23 bits per heavy atom. The van der Waals surface area contributed by atoms with E-state index in [-0.39, 0.29) is 12.4 Å². The first-order valence-electron chi connectivity index (χ1n) is 9.92. The van der Waals surface area contributed by atoms with Gasteiger partial charge in [0.15, 0.2) is 0 Å². The molecule has 124 valence electrons. The Morgan fingerprint density at radius 2 is 2.00 bits per heavy atom.